The van der Waals surface area contributed by atoms with Gasteiger partial charge in [0, 0.05) is 43.9 Å². The third-order valence-corrected chi connectivity index (χ3v) is 10.8. The van der Waals surface area contributed by atoms with Crippen molar-refractivity contribution in [2.24, 2.45) is 0 Å². The van der Waals surface area contributed by atoms with Gasteiger partial charge in [0.05, 0.1) is 34.1 Å². The molecule has 2 fully saturated rings. The Hall–Kier alpha value is -4.89. The first kappa shape index (κ1) is 35.0. The van der Waals surface area contributed by atoms with Gasteiger partial charge in [0.25, 0.3) is 0 Å². The number of carbonyl (C=O) groups is 2. The minimum atomic E-state index is -4.51. The zero-order valence-corrected chi connectivity index (χ0v) is 27.8. The molecule has 2 aliphatic heterocycles. The molecule has 1 unspecified atom stereocenters. The third-order valence-electron chi connectivity index (χ3n) is 8.85. The molecule has 1 aromatic heterocycles. The molecule has 0 radical (unpaired) electrons. The summed E-state index contributed by atoms with van der Waals surface area (Å²) in [6, 6.07) is 17.2. The van der Waals surface area contributed by atoms with E-state index in [1.54, 1.807) is 24.3 Å². The lowest BCUT2D eigenvalue weighted by Crippen LogP contribution is -2.47. The van der Waals surface area contributed by atoms with Crippen LogP contribution in [0.5, 0.6) is 0 Å². The number of nitrogens with zero attached hydrogens (tertiary/aromatic N) is 5. The molecule has 10 nitrogen and oxygen atoms in total. The predicted octanol–water partition coefficient (Wildman–Crippen LogP) is 5.30. The Kier molecular flexibility index (Phi) is 9.89. The number of hydrogen-bond donors (Lipinski definition) is 1. The number of anilines is 2. The van der Waals surface area contributed by atoms with Crippen LogP contribution in [0.1, 0.15) is 41.4 Å². The van der Waals surface area contributed by atoms with Crippen molar-refractivity contribution in [2.75, 3.05) is 42.5 Å². The van der Waals surface area contributed by atoms with Gasteiger partial charge in [-0.25, -0.2) is 22.8 Å². The number of ketones is 1. The number of rotatable bonds is 9. The summed E-state index contributed by atoms with van der Waals surface area (Å²) < 4.78 is 82.4. The predicted molar refractivity (Wildman–Crippen MR) is 179 cm³/mol. The lowest BCUT2D eigenvalue weighted by Gasteiger charge is -2.36. The van der Waals surface area contributed by atoms with Gasteiger partial charge in [0.2, 0.25) is 21.9 Å². The number of halogens is 4. The minimum Gasteiger partial charge on any atom is -0.366 e. The van der Waals surface area contributed by atoms with Crippen LogP contribution in [-0.2, 0) is 27.5 Å². The molecule has 4 aromatic rings. The number of para-hydroxylation sites is 1. The lowest BCUT2D eigenvalue weighted by molar-refractivity contribution is -0.137. The van der Waals surface area contributed by atoms with E-state index in [2.05, 4.69) is 15.3 Å². The topological polar surface area (TPSA) is 116 Å². The average molecular weight is 711 g/mol. The van der Waals surface area contributed by atoms with Gasteiger partial charge < -0.3 is 15.1 Å². The van der Waals surface area contributed by atoms with Crippen molar-refractivity contribution in [3.8, 4) is 11.3 Å². The quantitative estimate of drug-likeness (QED) is 0.184. The van der Waals surface area contributed by atoms with Crippen molar-refractivity contribution in [3.05, 3.63) is 102 Å². The van der Waals surface area contributed by atoms with Crippen molar-refractivity contribution < 1.29 is 35.6 Å². The number of benzene rings is 3. The zero-order valence-electron chi connectivity index (χ0n) is 27.0. The fourth-order valence-electron chi connectivity index (χ4n) is 6.13. The Bertz CT molecular complexity index is 1980. The van der Waals surface area contributed by atoms with E-state index >= 15 is 0 Å². The van der Waals surface area contributed by atoms with Gasteiger partial charge in [0.1, 0.15) is 11.9 Å². The second-order valence-electron chi connectivity index (χ2n) is 12.1. The molecule has 262 valence electrons. The number of piperazine rings is 1. The Morgan fingerprint density at radius 1 is 0.880 bits per heavy atom. The van der Waals surface area contributed by atoms with Crippen LogP contribution in [-0.4, -0.2) is 73.1 Å². The number of alkyl halides is 3. The molecule has 0 spiro atoms. The molecule has 2 saturated heterocycles. The standard InChI is InChI=1S/C35H34F4N6O4S/c1-23(46)24-10-14-28(15-11-24)50(48,49)45-16-4-7-32(45)33(47)40-22-27-21-30(25-8-12-26(13-9-25)35(37,38)39)42-34(41-27)44-19-17-43(18-20-44)31-6-3-2-5-29(31)36/h2-3,5-6,8-15,21,32H,4,7,16-20,22H2,1H3,(H,40,47). The van der Waals surface area contributed by atoms with Crippen LogP contribution in [0.25, 0.3) is 11.3 Å². The fourth-order valence-corrected chi connectivity index (χ4v) is 7.79. The highest BCUT2D eigenvalue weighted by Gasteiger charge is 2.39. The normalized spacial score (nSPS) is 17.2. The molecular weight excluding hydrogens is 676 g/mol. The third kappa shape index (κ3) is 7.48. The van der Waals surface area contributed by atoms with Crippen LogP contribution in [0, 0.1) is 5.82 Å². The Labute approximate surface area is 286 Å². The summed E-state index contributed by atoms with van der Waals surface area (Å²) >= 11 is 0. The molecule has 0 bridgehead atoms. The summed E-state index contributed by atoms with van der Waals surface area (Å²) in [7, 11) is -4.04. The second kappa shape index (κ2) is 14.2. The van der Waals surface area contributed by atoms with E-state index in [0.717, 1.165) is 16.4 Å². The van der Waals surface area contributed by atoms with Gasteiger partial charge in [-0.3, -0.25) is 9.59 Å². The van der Waals surface area contributed by atoms with Crippen LogP contribution < -0.4 is 15.1 Å². The maximum Gasteiger partial charge on any atom is 0.416 e. The van der Waals surface area contributed by atoms with Crippen LogP contribution in [0.4, 0.5) is 29.2 Å². The van der Waals surface area contributed by atoms with Crippen LogP contribution in [0.3, 0.4) is 0 Å². The van der Waals surface area contributed by atoms with Crippen LogP contribution in [0.2, 0.25) is 0 Å². The molecule has 1 amide bonds. The van der Waals surface area contributed by atoms with Crippen molar-refractivity contribution in [3.63, 3.8) is 0 Å². The molecule has 50 heavy (non-hydrogen) atoms. The van der Waals surface area contributed by atoms with E-state index in [1.165, 1.54) is 49.4 Å². The summed E-state index contributed by atoms with van der Waals surface area (Å²) in [4.78, 5) is 38.2. The van der Waals surface area contributed by atoms with Crippen molar-refractivity contribution in [1.82, 2.24) is 19.6 Å². The van der Waals surface area contributed by atoms with E-state index in [4.69, 9.17) is 0 Å². The summed E-state index contributed by atoms with van der Waals surface area (Å²) in [5, 5.41) is 2.79. The van der Waals surface area contributed by atoms with Gasteiger partial charge in [-0.2, -0.15) is 17.5 Å². The first-order valence-corrected chi connectivity index (χ1v) is 17.5. The minimum absolute atomic E-state index is 0.0288. The highest BCUT2D eigenvalue weighted by molar-refractivity contribution is 7.89. The van der Waals surface area contributed by atoms with Gasteiger partial charge in [-0.05, 0) is 62.2 Å². The van der Waals surface area contributed by atoms with E-state index in [0.29, 0.717) is 73.2 Å². The van der Waals surface area contributed by atoms with Gasteiger partial charge in [-0.1, -0.05) is 36.4 Å². The summed E-state index contributed by atoms with van der Waals surface area (Å²) in [5.41, 5.74) is 1.14. The van der Waals surface area contributed by atoms with Crippen LogP contribution >= 0.6 is 0 Å². The Morgan fingerprint density at radius 3 is 2.18 bits per heavy atom. The average Bonchev–Trinajstić information content (AvgIpc) is 3.62. The summed E-state index contributed by atoms with van der Waals surface area (Å²) in [5.74, 6) is -0.773. The highest BCUT2D eigenvalue weighted by Crippen LogP contribution is 2.32. The van der Waals surface area contributed by atoms with E-state index in [1.807, 2.05) is 9.80 Å². The Morgan fingerprint density at radius 2 is 1.54 bits per heavy atom. The molecular formula is C35H34F4N6O4S. The summed E-state index contributed by atoms with van der Waals surface area (Å²) in [6.07, 6.45) is -3.74. The molecule has 0 saturated carbocycles. The second-order valence-corrected chi connectivity index (χ2v) is 14.0. The Balaban J connectivity index is 1.22. The van der Waals surface area contributed by atoms with E-state index < -0.39 is 33.7 Å². The smallest absolute Gasteiger partial charge is 0.366 e. The first-order chi connectivity index (χ1) is 23.8. The molecule has 1 atom stereocenters. The summed E-state index contributed by atoms with van der Waals surface area (Å²) in [6.45, 7) is 3.20. The lowest BCUT2D eigenvalue weighted by atomic mass is 10.1. The monoisotopic (exact) mass is 710 g/mol. The molecule has 2 aliphatic rings. The molecule has 0 aliphatic carbocycles. The van der Waals surface area contributed by atoms with Crippen LogP contribution in [0.15, 0.2) is 83.8 Å². The fraction of sp³-hybridized carbons (Fsp3) is 0.314. The first-order valence-electron chi connectivity index (χ1n) is 16.0. The number of sulfonamides is 1. The number of hydrogen-bond acceptors (Lipinski definition) is 8. The van der Waals surface area contributed by atoms with Crippen molar-refractivity contribution in [1.29, 1.82) is 0 Å². The maximum atomic E-state index is 14.4. The molecule has 15 heteroatoms. The number of carbonyl (C=O) groups excluding carboxylic acids is 2. The number of nitrogens with one attached hydrogen (secondary N) is 1. The van der Waals surface area contributed by atoms with Crippen molar-refractivity contribution >= 4 is 33.3 Å². The molecule has 3 heterocycles. The maximum absolute atomic E-state index is 14.4. The van der Waals surface area contributed by atoms with E-state index in [-0.39, 0.29) is 29.6 Å². The molecule has 3 aromatic carbocycles. The largest absolute Gasteiger partial charge is 0.416 e. The SMILES string of the molecule is CC(=O)c1ccc(S(=O)(=O)N2CCCC2C(=O)NCc2cc(-c3ccc(C(F)(F)F)cc3)nc(N3CCN(c4ccccc4F)CC3)n2)cc1. The number of amides is 1. The molecule has 6 rings (SSSR count). The molecule has 1 N–H and O–H groups in total. The highest BCUT2D eigenvalue weighted by atomic mass is 32.2. The number of Topliss-reactive ketones (excluding diaryl/α,β-unsaturated/α-hetero) is 1. The zero-order chi connectivity index (χ0) is 35.6. The van der Waals surface area contributed by atoms with Gasteiger partial charge >= 0.3 is 6.18 Å². The number of aromatic nitrogens is 2. The van der Waals surface area contributed by atoms with Crippen molar-refractivity contribution in [2.45, 2.75) is 43.4 Å². The van der Waals surface area contributed by atoms with Gasteiger partial charge in [0.15, 0.2) is 5.78 Å². The van der Waals surface area contributed by atoms with Gasteiger partial charge in [-0.15, -0.1) is 0 Å². The van der Waals surface area contributed by atoms with E-state index in [9.17, 15) is 35.6 Å².